The van der Waals surface area contributed by atoms with Gasteiger partial charge in [-0.1, -0.05) is 29.8 Å². The molecule has 0 spiro atoms. The molecule has 1 fully saturated rings. The normalized spacial score (nSPS) is 16.2. The predicted octanol–water partition coefficient (Wildman–Crippen LogP) is 4.60. The van der Waals surface area contributed by atoms with Gasteiger partial charge in [-0.2, -0.15) is 0 Å². The van der Waals surface area contributed by atoms with E-state index in [1.165, 1.54) is 17.0 Å². The number of piperazine rings is 1. The van der Waals surface area contributed by atoms with Crippen molar-refractivity contribution in [2.24, 2.45) is 0 Å². The number of carbonyl (C=O) groups excluding carboxylic acids is 1. The van der Waals surface area contributed by atoms with E-state index in [0.29, 0.717) is 51.4 Å². The first-order valence-electron chi connectivity index (χ1n) is 10.3. The molecule has 2 amide bonds. The summed E-state index contributed by atoms with van der Waals surface area (Å²) < 4.78 is 0. The van der Waals surface area contributed by atoms with E-state index < -0.39 is 11.0 Å². The Morgan fingerprint density at radius 1 is 1.21 bits per heavy atom. The molecule has 9 nitrogen and oxygen atoms in total. The Hall–Kier alpha value is -3.72. The van der Waals surface area contributed by atoms with E-state index in [0.717, 1.165) is 0 Å². The van der Waals surface area contributed by atoms with Crippen LogP contribution in [-0.2, 0) is 0 Å². The topological polar surface area (TPSA) is 117 Å². The molecule has 1 N–H and O–H groups in total. The Balaban J connectivity index is 1.71. The van der Waals surface area contributed by atoms with Crippen molar-refractivity contribution in [2.45, 2.75) is 19.9 Å². The fraction of sp³-hybridized carbons (Fsp3) is 0.261. The number of halogens is 1. The van der Waals surface area contributed by atoms with Crippen molar-refractivity contribution in [3.63, 3.8) is 0 Å². The van der Waals surface area contributed by atoms with Gasteiger partial charge in [0.2, 0.25) is 0 Å². The summed E-state index contributed by atoms with van der Waals surface area (Å²) in [5.74, 6) is -0.218. The van der Waals surface area contributed by atoms with E-state index >= 15 is 0 Å². The van der Waals surface area contributed by atoms with Gasteiger partial charge in [-0.15, -0.1) is 0 Å². The maximum Gasteiger partial charge on any atom is 0.407 e. The summed E-state index contributed by atoms with van der Waals surface area (Å²) in [6.07, 6.45) is -0.997. The van der Waals surface area contributed by atoms with Gasteiger partial charge in [0, 0.05) is 54.3 Å². The number of carboxylic acid groups (broad SMARTS) is 1. The summed E-state index contributed by atoms with van der Waals surface area (Å²) in [6, 6.07) is 10.9. The van der Waals surface area contributed by atoms with E-state index in [-0.39, 0.29) is 24.2 Å². The SMILES string of the molecule is Cc1c(-c2cccc([N+](=O)[O-])c2)nc2cc(C(=O)N3CCN(C(=O)O)C(C)C3)ccc2c1Cl. The number of nitro benzene ring substituents is 1. The van der Waals surface area contributed by atoms with Crippen LogP contribution in [0.3, 0.4) is 0 Å². The molecule has 10 heteroatoms. The maximum absolute atomic E-state index is 13.1. The van der Waals surface area contributed by atoms with Crippen LogP contribution in [0.4, 0.5) is 10.5 Å². The number of amides is 2. The number of hydrogen-bond acceptors (Lipinski definition) is 5. The highest BCUT2D eigenvalue weighted by Gasteiger charge is 2.30. The Kier molecular flexibility index (Phi) is 5.90. The molecule has 3 aromatic rings. The molecule has 0 aliphatic carbocycles. The third-order valence-electron chi connectivity index (χ3n) is 5.89. The fourth-order valence-corrected chi connectivity index (χ4v) is 4.36. The predicted molar refractivity (Wildman–Crippen MR) is 124 cm³/mol. The summed E-state index contributed by atoms with van der Waals surface area (Å²) in [6.45, 7) is 4.41. The van der Waals surface area contributed by atoms with Crippen LogP contribution >= 0.6 is 11.6 Å². The van der Waals surface area contributed by atoms with Crippen LogP contribution in [0, 0.1) is 17.0 Å². The molecule has 2 heterocycles. The van der Waals surface area contributed by atoms with Crippen molar-refractivity contribution in [3.05, 3.63) is 68.7 Å². The largest absolute Gasteiger partial charge is 0.465 e. The van der Waals surface area contributed by atoms with Crippen LogP contribution in [0.25, 0.3) is 22.2 Å². The molecular weight excluding hydrogens is 448 g/mol. The van der Waals surface area contributed by atoms with Gasteiger partial charge in [0.1, 0.15) is 0 Å². The highest BCUT2D eigenvalue weighted by atomic mass is 35.5. The number of rotatable bonds is 3. The quantitative estimate of drug-likeness (QED) is 0.443. The van der Waals surface area contributed by atoms with E-state index in [1.807, 2.05) is 0 Å². The Labute approximate surface area is 194 Å². The molecule has 1 aliphatic rings. The van der Waals surface area contributed by atoms with Gasteiger partial charge in [0.25, 0.3) is 11.6 Å². The van der Waals surface area contributed by atoms with Crippen LogP contribution < -0.4 is 0 Å². The van der Waals surface area contributed by atoms with Crippen LogP contribution in [-0.4, -0.2) is 62.5 Å². The van der Waals surface area contributed by atoms with Crippen molar-refractivity contribution in [3.8, 4) is 11.3 Å². The lowest BCUT2D eigenvalue weighted by Gasteiger charge is -2.38. The number of nitro groups is 1. The number of carbonyl (C=O) groups is 2. The monoisotopic (exact) mass is 468 g/mol. The molecule has 0 bridgehead atoms. The van der Waals surface area contributed by atoms with Crippen LogP contribution in [0.15, 0.2) is 42.5 Å². The standard InChI is InChI=1S/C23H21ClN4O5/c1-13-12-26(8-9-27(13)23(30)31)22(29)16-6-7-18-19(11-16)25-21(14(2)20(18)24)15-4-3-5-17(10-15)28(32)33/h3-7,10-11,13H,8-9,12H2,1-2H3,(H,30,31). The second-order valence-corrected chi connectivity index (χ2v) is 8.39. The Morgan fingerprint density at radius 2 is 1.97 bits per heavy atom. The Morgan fingerprint density at radius 3 is 2.64 bits per heavy atom. The lowest BCUT2D eigenvalue weighted by Crippen LogP contribution is -2.55. The fourth-order valence-electron chi connectivity index (χ4n) is 4.11. The van der Waals surface area contributed by atoms with Crippen molar-refractivity contribution < 1.29 is 19.6 Å². The molecule has 33 heavy (non-hydrogen) atoms. The Bertz CT molecular complexity index is 1300. The van der Waals surface area contributed by atoms with Gasteiger partial charge in [-0.25, -0.2) is 9.78 Å². The minimum Gasteiger partial charge on any atom is -0.465 e. The van der Waals surface area contributed by atoms with E-state index in [9.17, 15) is 24.8 Å². The van der Waals surface area contributed by atoms with Crippen molar-refractivity contribution in [1.29, 1.82) is 0 Å². The van der Waals surface area contributed by atoms with Crippen LogP contribution in [0.1, 0.15) is 22.8 Å². The molecule has 1 saturated heterocycles. The minimum absolute atomic E-state index is 0.0523. The lowest BCUT2D eigenvalue weighted by atomic mass is 10.0. The van der Waals surface area contributed by atoms with Gasteiger partial charge in [-0.05, 0) is 31.5 Å². The molecule has 0 radical (unpaired) electrons. The molecule has 2 aromatic carbocycles. The maximum atomic E-state index is 13.1. The summed E-state index contributed by atoms with van der Waals surface area (Å²) in [7, 11) is 0. The molecule has 170 valence electrons. The molecule has 0 saturated carbocycles. The molecule has 1 aromatic heterocycles. The first-order chi connectivity index (χ1) is 15.7. The first kappa shape index (κ1) is 22.5. The highest BCUT2D eigenvalue weighted by molar-refractivity contribution is 6.36. The van der Waals surface area contributed by atoms with Crippen molar-refractivity contribution in [1.82, 2.24) is 14.8 Å². The summed E-state index contributed by atoms with van der Waals surface area (Å²) in [4.78, 5) is 42.7. The number of pyridine rings is 1. The molecule has 1 atom stereocenters. The third-order valence-corrected chi connectivity index (χ3v) is 6.38. The summed E-state index contributed by atoms with van der Waals surface area (Å²) >= 11 is 6.60. The molecule has 1 unspecified atom stereocenters. The van der Waals surface area contributed by atoms with Crippen molar-refractivity contribution in [2.75, 3.05) is 19.6 Å². The number of non-ortho nitro benzene ring substituents is 1. The summed E-state index contributed by atoms with van der Waals surface area (Å²) in [5.41, 5.74) is 2.60. The number of hydrogen-bond donors (Lipinski definition) is 1. The van der Waals surface area contributed by atoms with E-state index in [1.54, 1.807) is 49.1 Å². The number of nitrogens with zero attached hydrogens (tertiary/aromatic N) is 4. The zero-order valence-corrected chi connectivity index (χ0v) is 18.7. The zero-order valence-electron chi connectivity index (χ0n) is 18.0. The van der Waals surface area contributed by atoms with Crippen LogP contribution in [0.5, 0.6) is 0 Å². The van der Waals surface area contributed by atoms with E-state index in [4.69, 9.17) is 11.6 Å². The summed E-state index contributed by atoms with van der Waals surface area (Å²) in [5, 5.41) is 21.6. The number of benzene rings is 2. The van der Waals surface area contributed by atoms with Crippen molar-refractivity contribution >= 4 is 40.2 Å². The second-order valence-electron chi connectivity index (χ2n) is 8.01. The van der Waals surface area contributed by atoms with Gasteiger partial charge in [-0.3, -0.25) is 14.9 Å². The zero-order chi connectivity index (χ0) is 23.9. The second kappa shape index (κ2) is 8.67. The number of aromatic nitrogens is 1. The van der Waals surface area contributed by atoms with E-state index in [2.05, 4.69) is 4.98 Å². The van der Waals surface area contributed by atoms with Gasteiger partial charge in [0.05, 0.1) is 21.2 Å². The average Bonchev–Trinajstić information content (AvgIpc) is 2.80. The smallest absolute Gasteiger partial charge is 0.407 e. The average molecular weight is 469 g/mol. The molecule has 1 aliphatic heterocycles. The lowest BCUT2D eigenvalue weighted by molar-refractivity contribution is -0.384. The van der Waals surface area contributed by atoms with Gasteiger partial charge < -0.3 is 14.9 Å². The molecular formula is C23H21ClN4O5. The molecule has 4 rings (SSSR count). The van der Waals surface area contributed by atoms with Crippen LogP contribution in [0.2, 0.25) is 5.02 Å². The third kappa shape index (κ3) is 4.19. The van der Waals surface area contributed by atoms with Gasteiger partial charge >= 0.3 is 6.09 Å². The minimum atomic E-state index is -0.997. The first-order valence-corrected chi connectivity index (χ1v) is 10.7. The van der Waals surface area contributed by atoms with Gasteiger partial charge in [0.15, 0.2) is 0 Å². The number of fused-ring (bicyclic) bond motifs is 1. The highest BCUT2D eigenvalue weighted by Crippen LogP contribution is 2.34.